The van der Waals surface area contributed by atoms with E-state index in [2.05, 4.69) is 130 Å². The van der Waals surface area contributed by atoms with Crippen LogP contribution in [0.2, 0.25) is 0 Å². The molecule has 0 aromatic heterocycles. The van der Waals surface area contributed by atoms with Crippen molar-refractivity contribution in [1.29, 1.82) is 0 Å². The molecule has 2 nitrogen and oxygen atoms in total. The van der Waals surface area contributed by atoms with Gasteiger partial charge in [-0.2, -0.15) is 4.58 Å². The van der Waals surface area contributed by atoms with E-state index in [1.54, 1.807) is 0 Å². The fourth-order valence-electron chi connectivity index (χ4n) is 6.25. The Labute approximate surface area is 215 Å². The van der Waals surface area contributed by atoms with Crippen molar-refractivity contribution in [2.24, 2.45) is 0 Å². The first-order chi connectivity index (χ1) is 16.7. The second kappa shape index (κ2) is 8.71. The van der Waals surface area contributed by atoms with Gasteiger partial charge in [0, 0.05) is 46.5 Å². The molecule has 3 heteroatoms. The van der Waals surface area contributed by atoms with Crippen LogP contribution in [0.4, 0.5) is 11.4 Å². The Morgan fingerprint density at radius 2 is 1.54 bits per heavy atom. The Bertz CT molecular complexity index is 1350. The standard InChI is InChI=1S/C32H37N2S/c1-31(2)24-12-8-10-14-26(24)33(5)28(31)20-18-22-16-17-23(30(22)35-7)19-21-29-32(3,4)25-13-9-11-15-27(25)34(29)6/h8-15,18-21H,16-17H2,1-7H3/q+1. The van der Waals surface area contributed by atoms with E-state index in [1.807, 2.05) is 11.8 Å². The van der Waals surface area contributed by atoms with Gasteiger partial charge < -0.3 is 4.90 Å². The topological polar surface area (TPSA) is 6.25 Å². The first-order valence-corrected chi connectivity index (χ1v) is 13.8. The molecular weight excluding hydrogens is 444 g/mol. The third-order valence-corrected chi connectivity index (χ3v) is 9.15. The summed E-state index contributed by atoms with van der Waals surface area (Å²) in [5, 5.41) is 0. The van der Waals surface area contributed by atoms with Crippen LogP contribution in [0.3, 0.4) is 0 Å². The Morgan fingerprint density at radius 3 is 2.23 bits per heavy atom. The van der Waals surface area contributed by atoms with Gasteiger partial charge in [0.05, 0.1) is 5.41 Å². The minimum absolute atomic E-state index is 0.0112. The highest BCUT2D eigenvalue weighted by molar-refractivity contribution is 8.02. The van der Waals surface area contributed by atoms with Gasteiger partial charge in [-0.05, 0) is 61.8 Å². The average Bonchev–Trinajstić information content (AvgIpc) is 3.39. The number of thioether (sulfide) groups is 1. The van der Waals surface area contributed by atoms with Crippen molar-refractivity contribution in [3.63, 3.8) is 0 Å². The van der Waals surface area contributed by atoms with Crippen LogP contribution in [0, 0.1) is 0 Å². The van der Waals surface area contributed by atoms with Crippen molar-refractivity contribution in [1.82, 2.24) is 0 Å². The number of fused-ring (bicyclic) bond motifs is 2. The number of para-hydroxylation sites is 2. The van der Waals surface area contributed by atoms with Crippen molar-refractivity contribution in [2.45, 2.75) is 51.4 Å². The molecule has 0 N–H and O–H groups in total. The lowest BCUT2D eigenvalue weighted by Crippen LogP contribution is -2.26. The van der Waals surface area contributed by atoms with Gasteiger partial charge in [-0.25, -0.2) is 0 Å². The maximum Gasteiger partial charge on any atom is 0.209 e. The second-order valence-electron chi connectivity index (χ2n) is 10.9. The van der Waals surface area contributed by atoms with Gasteiger partial charge in [-0.15, -0.1) is 11.8 Å². The van der Waals surface area contributed by atoms with Crippen LogP contribution in [0.15, 0.2) is 94.6 Å². The normalized spacial score (nSPS) is 22.8. The summed E-state index contributed by atoms with van der Waals surface area (Å²) >= 11 is 1.88. The molecule has 0 unspecified atom stereocenters. The smallest absolute Gasteiger partial charge is 0.209 e. The number of anilines is 1. The summed E-state index contributed by atoms with van der Waals surface area (Å²) in [6.07, 6.45) is 13.9. The number of benzene rings is 2. The van der Waals surface area contributed by atoms with Crippen molar-refractivity contribution in [2.75, 3.05) is 25.3 Å². The molecule has 3 aliphatic rings. The van der Waals surface area contributed by atoms with E-state index in [4.69, 9.17) is 0 Å². The van der Waals surface area contributed by atoms with Crippen LogP contribution >= 0.6 is 11.8 Å². The first-order valence-electron chi connectivity index (χ1n) is 12.6. The van der Waals surface area contributed by atoms with Gasteiger partial charge in [0.2, 0.25) is 5.69 Å². The highest BCUT2D eigenvalue weighted by Crippen LogP contribution is 2.47. The molecule has 0 spiro atoms. The maximum absolute atomic E-state index is 2.38. The third-order valence-electron chi connectivity index (χ3n) is 8.22. The van der Waals surface area contributed by atoms with Crippen molar-refractivity contribution in [3.8, 4) is 0 Å². The van der Waals surface area contributed by atoms with Gasteiger partial charge in [-0.1, -0.05) is 62.4 Å². The first kappa shape index (κ1) is 23.9. The van der Waals surface area contributed by atoms with Crippen LogP contribution in [-0.2, 0) is 10.8 Å². The van der Waals surface area contributed by atoms with E-state index in [-0.39, 0.29) is 10.8 Å². The second-order valence-corrected chi connectivity index (χ2v) is 11.7. The van der Waals surface area contributed by atoms with Crippen LogP contribution < -0.4 is 4.90 Å². The minimum Gasteiger partial charge on any atom is -0.347 e. The molecule has 1 aliphatic carbocycles. The Balaban J connectivity index is 1.46. The number of hydrogen-bond acceptors (Lipinski definition) is 2. The van der Waals surface area contributed by atoms with E-state index < -0.39 is 0 Å². The number of likely N-dealkylation sites (N-methyl/N-ethyl adjacent to an activating group) is 1. The lowest BCUT2D eigenvalue weighted by molar-refractivity contribution is -0.401. The van der Waals surface area contributed by atoms with E-state index in [9.17, 15) is 0 Å². The Kier molecular flexibility index (Phi) is 5.96. The highest BCUT2D eigenvalue weighted by Gasteiger charge is 2.42. The Hall–Kier alpha value is -2.78. The van der Waals surface area contributed by atoms with Gasteiger partial charge in [0.1, 0.15) is 7.05 Å². The fourth-order valence-corrected chi connectivity index (χ4v) is 7.11. The molecule has 0 bridgehead atoms. The maximum atomic E-state index is 2.38. The number of nitrogens with zero attached hydrogens (tertiary/aromatic N) is 2. The van der Waals surface area contributed by atoms with Gasteiger partial charge in [0.15, 0.2) is 5.71 Å². The van der Waals surface area contributed by atoms with E-state index in [0.29, 0.717) is 0 Å². The number of rotatable bonds is 4. The summed E-state index contributed by atoms with van der Waals surface area (Å²) in [7, 11) is 4.39. The monoisotopic (exact) mass is 481 g/mol. The zero-order valence-corrected chi connectivity index (χ0v) is 23.0. The van der Waals surface area contributed by atoms with E-state index in [1.165, 1.54) is 50.0 Å². The highest BCUT2D eigenvalue weighted by atomic mass is 32.2. The Morgan fingerprint density at radius 1 is 0.857 bits per heavy atom. The van der Waals surface area contributed by atoms with Crippen molar-refractivity contribution in [3.05, 3.63) is 106 Å². The molecule has 2 heterocycles. The molecule has 5 rings (SSSR count). The molecule has 2 aliphatic heterocycles. The lowest BCUT2D eigenvalue weighted by atomic mass is 9.81. The zero-order valence-electron chi connectivity index (χ0n) is 22.1. The minimum atomic E-state index is 0.0112. The van der Waals surface area contributed by atoms with Crippen LogP contribution in [-0.4, -0.2) is 30.6 Å². The summed E-state index contributed by atoms with van der Waals surface area (Å²) in [6.45, 7) is 9.34. The van der Waals surface area contributed by atoms with Crippen LogP contribution in [0.25, 0.3) is 0 Å². The molecule has 0 radical (unpaired) electrons. The molecule has 35 heavy (non-hydrogen) atoms. The molecule has 0 fully saturated rings. The molecule has 2 aromatic rings. The molecule has 0 atom stereocenters. The average molecular weight is 482 g/mol. The predicted molar refractivity (Wildman–Crippen MR) is 153 cm³/mol. The molecule has 0 amide bonds. The fraction of sp³-hybridized carbons (Fsp3) is 0.344. The quantitative estimate of drug-likeness (QED) is 0.409. The summed E-state index contributed by atoms with van der Waals surface area (Å²) in [6, 6.07) is 17.6. The van der Waals surface area contributed by atoms with Crippen molar-refractivity contribution >= 4 is 28.8 Å². The van der Waals surface area contributed by atoms with Gasteiger partial charge in [0.25, 0.3) is 0 Å². The van der Waals surface area contributed by atoms with Crippen LogP contribution in [0.5, 0.6) is 0 Å². The molecule has 0 saturated carbocycles. The van der Waals surface area contributed by atoms with Crippen molar-refractivity contribution < 1.29 is 4.58 Å². The lowest BCUT2D eigenvalue weighted by Gasteiger charge is -2.23. The molecule has 0 saturated heterocycles. The molecule has 2 aromatic carbocycles. The zero-order chi connectivity index (χ0) is 25.0. The predicted octanol–water partition coefficient (Wildman–Crippen LogP) is 7.90. The summed E-state index contributed by atoms with van der Waals surface area (Å²) in [5.74, 6) is 0. The van der Waals surface area contributed by atoms with E-state index in [0.717, 1.165) is 12.8 Å². The largest absolute Gasteiger partial charge is 0.347 e. The number of allylic oxidation sites excluding steroid dienone is 7. The summed E-state index contributed by atoms with van der Waals surface area (Å²) in [5.41, 5.74) is 11.1. The molecule has 180 valence electrons. The third kappa shape index (κ3) is 3.76. The van der Waals surface area contributed by atoms with Crippen LogP contribution in [0.1, 0.15) is 51.7 Å². The SMILES string of the molecule is CSC1=C(/C=C/C2=[N+](C)c3ccccc3C2(C)C)CC/C1=C\C=C1\N(C)c2ccccc2C1(C)C. The molecular formula is C32H37N2S+. The number of hydrogen-bond donors (Lipinski definition) is 0. The summed E-state index contributed by atoms with van der Waals surface area (Å²) in [4.78, 5) is 3.79. The van der Waals surface area contributed by atoms with Gasteiger partial charge >= 0.3 is 0 Å². The summed E-state index contributed by atoms with van der Waals surface area (Å²) < 4.78 is 2.36. The van der Waals surface area contributed by atoms with E-state index >= 15 is 0 Å². The van der Waals surface area contributed by atoms with Gasteiger partial charge in [-0.3, -0.25) is 0 Å².